The van der Waals surface area contributed by atoms with E-state index in [1.165, 1.54) is 24.8 Å². The third kappa shape index (κ3) is 1.18. The lowest BCUT2D eigenvalue weighted by Gasteiger charge is -2.51. The van der Waals surface area contributed by atoms with Crippen LogP contribution in [-0.2, 0) is 5.41 Å². The summed E-state index contributed by atoms with van der Waals surface area (Å²) < 4.78 is 6.24. The second-order valence-electron chi connectivity index (χ2n) is 6.07. The fraction of sp³-hybridized carbons (Fsp3) is 0.600. The second kappa shape index (κ2) is 3.41. The maximum absolute atomic E-state index is 9.77. The van der Waals surface area contributed by atoms with Gasteiger partial charge in [0.2, 0.25) is 0 Å². The fourth-order valence-corrected chi connectivity index (χ4v) is 4.31. The molecule has 1 aromatic rings. The van der Waals surface area contributed by atoms with Gasteiger partial charge in [-0.1, -0.05) is 6.42 Å². The summed E-state index contributed by atoms with van der Waals surface area (Å²) in [5, 5.41) is 9.77. The molecule has 1 saturated heterocycles. The number of phenolic OH excluding ortho intramolecular Hbond substituents is 1. The first kappa shape index (κ1) is 10.7. The molecule has 2 heterocycles. The van der Waals surface area contributed by atoms with Gasteiger partial charge in [-0.05, 0) is 51.1 Å². The van der Waals surface area contributed by atoms with E-state index in [2.05, 4.69) is 11.9 Å². The van der Waals surface area contributed by atoms with Gasteiger partial charge < -0.3 is 9.84 Å². The maximum atomic E-state index is 9.77. The van der Waals surface area contributed by atoms with E-state index in [9.17, 15) is 5.11 Å². The molecule has 1 saturated carbocycles. The summed E-state index contributed by atoms with van der Waals surface area (Å²) in [6.07, 6.45) is 5.16. The average molecular weight is 245 g/mol. The summed E-state index contributed by atoms with van der Waals surface area (Å²) in [5.74, 6) is 1.37. The molecule has 1 N–H and O–H groups in total. The number of ether oxygens (including phenoxy) is 1. The van der Waals surface area contributed by atoms with E-state index in [-0.39, 0.29) is 5.41 Å². The molecule has 3 atom stereocenters. The Morgan fingerprint density at radius 3 is 3.17 bits per heavy atom. The van der Waals surface area contributed by atoms with Gasteiger partial charge in [0.15, 0.2) is 0 Å². The smallest absolute Gasteiger partial charge is 0.124 e. The molecule has 3 aliphatic rings. The van der Waals surface area contributed by atoms with Crippen LogP contribution in [0.3, 0.4) is 0 Å². The predicted molar refractivity (Wildman–Crippen MR) is 69.1 cm³/mol. The van der Waals surface area contributed by atoms with Gasteiger partial charge in [0.1, 0.15) is 17.6 Å². The molecule has 2 fully saturated rings. The Kier molecular flexibility index (Phi) is 2.03. The molecule has 2 aliphatic heterocycles. The Morgan fingerprint density at radius 2 is 2.28 bits per heavy atom. The van der Waals surface area contributed by atoms with Gasteiger partial charge in [-0.3, -0.25) is 4.90 Å². The van der Waals surface area contributed by atoms with Crippen molar-refractivity contribution in [1.82, 2.24) is 4.90 Å². The first-order chi connectivity index (χ1) is 8.71. The maximum Gasteiger partial charge on any atom is 0.124 e. The largest absolute Gasteiger partial charge is 0.508 e. The van der Waals surface area contributed by atoms with Crippen LogP contribution < -0.4 is 4.74 Å². The molecule has 0 unspecified atom stereocenters. The average Bonchev–Trinajstić information content (AvgIpc) is 2.69. The third-order valence-electron chi connectivity index (χ3n) is 5.25. The summed E-state index contributed by atoms with van der Waals surface area (Å²) >= 11 is 0. The number of hydrogen-bond acceptors (Lipinski definition) is 3. The molecule has 0 radical (unpaired) electrons. The van der Waals surface area contributed by atoms with Crippen molar-refractivity contribution >= 4 is 0 Å². The Bertz CT molecular complexity index is 501. The number of aromatic hydroxyl groups is 1. The summed E-state index contributed by atoms with van der Waals surface area (Å²) in [4.78, 5) is 2.45. The van der Waals surface area contributed by atoms with E-state index in [1.54, 1.807) is 6.07 Å². The number of nitrogens with zero attached hydrogens (tertiary/aromatic N) is 1. The van der Waals surface area contributed by atoms with E-state index in [4.69, 9.17) is 4.74 Å². The monoisotopic (exact) mass is 245 g/mol. The van der Waals surface area contributed by atoms with Crippen molar-refractivity contribution in [3.63, 3.8) is 0 Å². The Morgan fingerprint density at radius 1 is 1.39 bits per heavy atom. The highest BCUT2D eigenvalue weighted by atomic mass is 16.5. The van der Waals surface area contributed by atoms with Crippen molar-refractivity contribution in [1.29, 1.82) is 0 Å². The molecule has 96 valence electrons. The van der Waals surface area contributed by atoms with Crippen LogP contribution in [0.25, 0.3) is 0 Å². The molecule has 0 aromatic heterocycles. The van der Waals surface area contributed by atoms with Crippen molar-refractivity contribution in [2.75, 3.05) is 13.6 Å². The van der Waals surface area contributed by atoms with Crippen molar-refractivity contribution in [3.8, 4) is 11.5 Å². The zero-order chi connectivity index (χ0) is 12.3. The zero-order valence-corrected chi connectivity index (χ0v) is 10.7. The Hall–Kier alpha value is -1.22. The van der Waals surface area contributed by atoms with E-state index in [0.717, 1.165) is 18.7 Å². The molecule has 3 nitrogen and oxygen atoms in total. The number of rotatable bonds is 0. The molecule has 0 spiro atoms. The lowest BCUT2D eigenvalue weighted by molar-refractivity contribution is -0.0303. The van der Waals surface area contributed by atoms with Crippen LogP contribution >= 0.6 is 0 Å². The van der Waals surface area contributed by atoms with Crippen molar-refractivity contribution in [2.45, 2.75) is 43.2 Å². The number of piperidine rings is 1. The topological polar surface area (TPSA) is 32.7 Å². The number of fused-ring (bicyclic) bond motifs is 1. The summed E-state index contributed by atoms with van der Waals surface area (Å²) in [6, 6.07) is 6.15. The molecule has 18 heavy (non-hydrogen) atoms. The van der Waals surface area contributed by atoms with Crippen molar-refractivity contribution in [3.05, 3.63) is 23.8 Å². The van der Waals surface area contributed by atoms with E-state index < -0.39 is 0 Å². The van der Waals surface area contributed by atoms with Crippen molar-refractivity contribution in [2.24, 2.45) is 0 Å². The van der Waals surface area contributed by atoms with Crippen LogP contribution in [-0.4, -0.2) is 35.7 Å². The molecule has 1 aromatic carbocycles. The normalized spacial score (nSPS) is 37.8. The highest BCUT2D eigenvalue weighted by Crippen LogP contribution is 2.55. The van der Waals surface area contributed by atoms with Gasteiger partial charge in [-0.2, -0.15) is 0 Å². The molecular weight excluding hydrogens is 226 g/mol. The standard InChI is InChI=1S/C15H19NO2/c1-16-8-7-15-6-2-3-12(16)14(15)18-13-5-4-10(17)9-11(13)15/h4-5,9,12,14,17H,2-3,6-8H2,1H3/t12-,14+,15-/m1/s1. The number of likely N-dealkylation sites (N-methyl/N-ethyl adjacent to an activating group) is 1. The van der Waals surface area contributed by atoms with Gasteiger partial charge in [-0.25, -0.2) is 0 Å². The molecule has 0 amide bonds. The van der Waals surface area contributed by atoms with Crippen LogP contribution in [0.5, 0.6) is 11.5 Å². The van der Waals surface area contributed by atoms with E-state index in [0.29, 0.717) is 17.9 Å². The second-order valence-corrected chi connectivity index (χ2v) is 6.07. The Balaban J connectivity index is 1.87. The highest BCUT2D eigenvalue weighted by molar-refractivity contribution is 5.50. The van der Waals surface area contributed by atoms with Gasteiger partial charge in [-0.15, -0.1) is 0 Å². The van der Waals surface area contributed by atoms with Gasteiger partial charge in [0.25, 0.3) is 0 Å². The minimum absolute atomic E-state index is 0.170. The summed E-state index contributed by atoms with van der Waals surface area (Å²) in [5.41, 5.74) is 1.43. The molecule has 1 aliphatic carbocycles. The first-order valence-electron chi connectivity index (χ1n) is 6.91. The highest BCUT2D eigenvalue weighted by Gasteiger charge is 2.57. The van der Waals surface area contributed by atoms with Gasteiger partial charge in [0.05, 0.1) is 0 Å². The van der Waals surface area contributed by atoms with Gasteiger partial charge >= 0.3 is 0 Å². The van der Waals surface area contributed by atoms with Crippen LogP contribution in [0.4, 0.5) is 0 Å². The van der Waals surface area contributed by atoms with Crippen LogP contribution in [0.1, 0.15) is 31.2 Å². The minimum Gasteiger partial charge on any atom is -0.508 e. The number of benzene rings is 1. The fourth-order valence-electron chi connectivity index (χ4n) is 4.31. The van der Waals surface area contributed by atoms with Crippen molar-refractivity contribution < 1.29 is 9.84 Å². The molecular formula is C15H19NO2. The van der Waals surface area contributed by atoms with Crippen LogP contribution in [0.15, 0.2) is 18.2 Å². The Labute approximate surface area is 107 Å². The lowest BCUT2D eigenvalue weighted by Crippen LogP contribution is -2.60. The number of phenols is 1. The first-order valence-corrected chi connectivity index (χ1v) is 6.91. The van der Waals surface area contributed by atoms with Crippen LogP contribution in [0.2, 0.25) is 0 Å². The van der Waals surface area contributed by atoms with E-state index >= 15 is 0 Å². The SMILES string of the molecule is CN1CC[C@@]23CCC[C@@H]1[C@@H]2Oc1ccc(O)cc13. The number of hydrogen-bond donors (Lipinski definition) is 1. The molecule has 4 rings (SSSR count). The number of likely N-dealkylation sites (tertiary alicyclic amines) is 1. The third-order valence-corrected chi connectivity index (χ3v) is 5.25. The zero-order valence-electron chi connectivity index (χ0n) is 10.7. The van der Waals surface area contributed by atoms with Gasteiger partial charge in [0, 0.05) is 17.0 Å². The quantitative estimate of drug-likeness (QED) is 0.761. The van der Waals surface area contributed by atoms with E-state index in [1.807, 2.05) is 12.1 Å². The van der Waals surface area contributed by atoms with Crippen LogP contribution in [0, 0.1) is 0 Å². The summed E-state index contributed by atoms with van der Waals surface area (Å²) in [6.45, 7) is 1.14. The minimum atomic E-state index is 0.170. The molecule has 3 heteroatoms. The lowest BCUT2D eigenvalue weighted by atomic mass is 9.62. The summed E-state index contributed by atoms with van der Waals surface area (Å²) in [7, 11) is 2.21. The predicted octanol–water partition coefficient (Wildman–Crippen LogP) is 2.28. The molecule has 2 bridgehead atoms.